The summed E-state index contributed by atoms with van der Waals surface area (Å²) in [4.78, 5) is 22.9. The highest BCUT2D eigenvalue weighted by atomic mass is 19.4. The molecule has 0 unspecified atom stereocenters. The second-order valence-electron chi connectivity index (χ2n) is 7.20. The molecule has 1 aliphatic heterocycles. The van der Waals surface area contributed by atoms with Crippen molar-refractivity contribution in [2.24, 2.45) is 0 Å². The number of aromatic nitrogens is 2. The Morgan fingerprint density at radius 1 is 1.06 bits per heavy atom. The summed E-state index contributed by atoms with van der Waals surface area (Å²) < 4.78 is 71.5. The van der Waals surface area contributed by atoms with E-state index >= 15 is 4.39 Å². The minimum atomic E-state index is -4.95. The number of carbonyl (C=O) groups is 1. The van der Waals surface area contributed by atoms with E-state index in [-0.39, 0.29) is 35.7 Å². The molecule has 0 saturated carbocycles. The summed E-state index contributed by atoms with van der Waals surface area (Å²) in [5, 5.41) is -0.138. The number of hydrogen-bond acceptors (Lipinski definition) is 4. The van der Waals surface area contributed by atoms with Crippen LogP contribution in [0.15, 0.2) is 49.3 Å². The normalized spacial score (nSPS) is 14.7. The fourth-order valence-corrected chi connectivity index (χ4v) is 3.82. The number of piperazine rings is 1. The molecule has 0 aliphatic carbocycles. The Morgan fingerprint density at radius 3 is 2.38 bits per heavy atom. The summed E-state index contributed by atoms with van der Waals surface area (Å²) in [6, 6.07) is 5.46. The summed E-state index contributed by atoms with van der Waals surface area (Å²) in [5.41, 5.74) is -3.06. The summed E-state index contributed by atoms with van der Waals surface area (Å²) in [6.07, 6.45) is -2.71. The van der Waals surface area contributed by atoms with Crippen molar-refractivity contribution in [3.8, 4) is 11.1 Å². The van der Waals surface area contributed by atoms with E-state index < -0.39 is 34.5 Å². The zero-order valence-corrected chi connectivity index (χ0v) is 16.7. The molecule has 5 nitrogen and oxygen atoms in total. The molecule has 2 aromatic carbocycles. The van der Waals surface area contributed by atoms with Crippen LogP contribution in [0.1, 0.15) is 5.56 Å². The highest BCUT2D eigenvalue weighted by Crippen LogP contribution is 2.43. The van der Waals surface area contributed by atoms with Crippen molar-refractivity contribution in [1.82, 2.24) is 14.9 Å². The van der Waals surface area contributed by atoms with E-state index in [0.717, 1.165) is 24.5 Å². The molecular weight excluding hydrogens is 431 g/mol. The van der Waals surface area contributed by atoms with Crippen LogP contribution in [0.2, 0.25) is 0 Å². The van der Waals surface area contributed by atoms with Gasteiger partial charge in [-0.3, -0.25) is 4.79 Å². The third kappa shape index (κ3) is 3.76. The summed E-state index contributed by atoms with van der Waals surface area (Å²) >= 11 is 0. The van der Waals surface area contributed by atoms with Gasteiger partial charge in [-0.15, -0.1) is 0 Å². The average molecular weight is 448 g/mol. The Balaban J connectivity index is 1.87. The lowest BCUT2D eigenvalue weighted by atomic mass is 9.95. The van der Waals surface area contributed by atoms with Gasteiger partial charge in [0, 0.05) is 42.7 Å². The minimum Gasteiger partial charge on any atom is -0.352 e. The van der Waals surface area contributed by atoms with Crippen molar-refractivity contribution in [2.45, 2.75) is 6.18 Å². The fourth-order valence-electron chi connectivity index (χ4n) is 3.82. The van der Waals surface area contributed by atoms with Crippen LogP contribution in [-0.2, 0) is 11.0 Å². The first-order chi connectivity index (χ1) is 15.2. The molecule has 0 N–H and O–H groups in total. The zero-order valence-electron chi connectivity index (χ0n) is 16.7. The number of carbonyl (C=O) groups excluding carboxylic acids is 1. The van der Waals surface area contributed by atoms with Crippen molar-refractivity contribution in [2.75, 3.05) is 31.1 Å². The second-order valence-corrected chi connectivity index (χ2v) is 7.20. The molecule has 4 rings (SSSR count). The molecule has 1 amide bonds. The van der Waals surface area contributed by atoms with E-state index in [1.54, 1.807) is 9.80 Å². The summed E-state index contributed by atoms with van der Waals surface area (Å²) in [7, 11) is 0. The lowest BCUT2D eigenvalue weighted by Crippen LogP contribution is -2.48. The number of hydrogen-bond donors (Lipinski definition) is 0. The predicted octanol–water partition coefficient (Wildman–Crippen LogP) is 4.43. The lowest BCUT2D eigenvalue weighted by Gasteiger charge is -2.35. The predicted molar refractivity (Wildman–Crippen MR) is 109 cm³/mol. The van der Waals surface area contributed by atoms with E-state index in [4.69, 9.17) is 0 Å². The van der Waals surface area contributed by atoms with Crippen LogP contribution >= 0.6 is 0 Å². The number of nitrogens with zero attached hydrogens (tertiary/aromatic N) is 4. The number of benzene rings is 2. The van der Waals surface area contributed by atoms with Crippen LogP contribution in [0.4, 0.5) is 27.8 Å². The molecule has 1 aliphatic rings. The number of alkyl halides is 3. The Bertz CT molecular complexity index is 1200. The van der Waals surface area contributed by atoms with Gasteiger partial charge in [-0.1, -0.05) is 24.8 Å². The van der Waals surface area contributed by atoms with Crippen LogP contribution in [0, 0.1) is 11.6 Å². The SMILES string of the molecule is C=CC(=O)N1CCN(c2ncnc3c(F)c(-c4ccccc4F)c(C(F)(F)F)cc23)CC1. The van der Waals surface area contributed by atoms with Crippen molar-refractivity contribution < 1.29 is 26.7 Å². The van der Waals surface area contributed by atoms with Gasteiger partial charge in [-0.05, 0) is 18.2 Å². The van der Waals surface area contributed by atoms with Crippen LogP contribution in [0.3, 0.4) is 0 Å². The summed E-state index contributed by atoms with van der Waals surface area (Å²) in [5.74, 6) is -2.39. The second kappa shape index (κ2) is 8.18. The summed E-state index contributed by atoms with van der Waals surface area (Å²) in [6.45, 7) is 4.61. The first-order valence-corrected chi connectivity index (χ1v) is 9.68. The van der Waals surface area contributed by atoms with Gasteiger partial charge >= 0.3 is 6.18 Å². The molecule has 1 aromatic heterocycles. The Kier molecular flexibility index (Phi) is 5.53. The van der Waals surface area contributed by atoms with Gasteiger partial charge in [0.1, 0.15) is 23.5 Å². The standard InChI is InChI=1S/C22H17F5N4O/c1-2-17(32)30-7-9-31(10-8-30)21-14-11-15(22(25,26)27)18(13-5-3-4-6-16(13)23)19(24)20(14)28-12-29-21/h2-6,11-12H,1,7-10H2. The maximum atomic E-state index is 15.4. The largest absolute Gasteiger partial charge is 0.417 e. The monoisotopic (exact) mass is 448 g/mol. The fraction of sp³-hybridized carbons (Fsp3) is 0.227. The third-order valence-electron chi connectivity index (χ3n) is 5.36. The highest BCUT2D eigenvalue weighted by molar-refractivity contribution is 5.95. The molecule has 1 fully saturated rings. The van der Waals surface area contributed by atoms with E-state index in [2.05, 4.69) is 16.5 Å². The molecule has 3 aromatic rings. The van der Waals surface area contributed by atoms with Gasteiger partial charge in [0.05, 0.1) is 5.56 Å². The molecular formula is C22H17F5N4O. The van der Waals surface area contributed by atoms with Crippen LogP contribution < -0.4 is 4.90 Å². The first-order valence-electron chi connectivity index (χ1n) is 9.68. The molecule has 166 valence electrons. The molecule has 10 heteroatoms. The Morgan fingerprint density at radius 2 is 1.75 bits per heavy atom. The van der Waals surface area contributed by atoms with Crippen molar-refractivity contribution in [3.05, 3.63) is 66.5 Å². The Hall–Kier alpha value is -3.56. The zero-order chi connectivity index (χ0) is 23.0. The molecule has 32 heavy (non-hydrogen) atoms. The molecule has 0 radical (unpaired) electrons. The maximum Gasteiger partial charge on any atom is 0.417 e. The van der Waals surface area contributed by atoms with Crippen LogP contribution in [-0.4, -0.2) is 47.0 Å². The van der Waals surface area contributed by atoms with Crippen LogP contribution in [0.25, 0.3) is 22.0 Å². The minimum absolute atomic E-state index is 0.116. The number of fused-ring (bicyclic) bond motifs is 1. The van der Waals surface area contributed by atoms with Crippen molar-refractivity contribution >= 4 is 22.6 Å². The molecule has 1 saturated heterocycles. The number of anilines is 1. The molecule has 0 spiro atoms. The topological polar surface area (TPSA) is 49.3 Å². The average Bonchev–Trinajstić information content (AvgIpc) is 2.78. The molecule has 2 heterocycles. The van der Waals surface area contributed by atoms with Gasteiger partial charge in [0.25, 0.3) is 0 Å². The quantitative estimate of drug-likeness (QED) is 0.440. The van der Waals surface area contributed by atoms with Crippen molar-refractivity contribution in [3.63, 3.8) is 0 Å². The van der Waals surface area contributed by atoms with Crippen molar-refractivity contribution in [1.29, 1.82) is 0 Å². The first kappa shape index (κ1) is 21.7. The molecule has 0 bridgehead atoms. The lowest BCUT2D eigenvalue weighted by molar-refractivity contribution is -0.137. The van der Waals surface area contributed by atoms with Gasteiger partial charge in [-0.2, -0.15) is 13.2 Å². The molecule has 0 atom stereocenters. The van der Waals surface area contributed by atoms with Gasteiger partial charge in [0.15, 0.2) is 5.82 Å². The van der Waals surface area contributed by atoms with Gasteiger partial charge in [-0.25, -0.2) is 18.7 Å². The number of halogens is 5. The van der Waals surface area contributed by atoms with E-state index in [1.807, 2.05) is 0 Å². The van der Waals surface area contributed by atoms with Gasteiger partial charge < -0.3 is 9.80 Å². The smallest absolute Gasteiger partial charge is 0.352 e. The van der Waals surface area contributed by atoms with Crippen LogP contribution in [0.5, 0.6) is 0 Å². The maximum absolute atomic E-state index is 15.4. The van der Waals surface area contributed by atoms with Gasteiger partial charge in [0.2, 0.25) is 5.91 Å². The highest BCUT2D eigenvalue weighted by Gasteiger charge is 2.38. The van der Waals surface area contributed by atoms with E-state index in [9.17, 15) is 22.4 Å². The number of amides is 1. The van der Waals surface area contributed by atoms with E-state index in [1.165, 1.54) is 18.2 Å². The third-order valence-corrected chi connectivity index (χ3v) is 5.36. The van der Waals surface area contributed by atoms with E-state index in [0.29, 0.717) is 13.1 Å². The Labute approximate surface area is 179 Å². The number of rotatable bonds is 3.